The molecule has 0 spiro atoms. The molecule has 1 heterocycles. The first kappa shape index (κ1) is 17.0. The molecule has 0 aliphatic heterocycles. The molecule has 1 aromatic carbocycles. The number of carbonyl (C=O) groups excluding carboxylic acids is 1. The van der Waals surface area contributed by atoms with Crippen molar-refractivity contribution in [2.45, 2.75) is 56.9 Å². The zero-order chi connectivity index (χ0) is 16.9. The van der Waals surface area contributed by atoms with E-state index in [2.05, 4.69) is 0 Å². The highest BCUT2D eigenvalue weighted by atomic mass is 35.5. The molecule has 0 bridgehead atoms. The minimum Gasteiger partial charge on any atom is -0.459 e. The van der Waals surface area contributed by atoms with Gasteiger partial charge in [0.15, 0.2) is 0 Å². The van der Waals surface area contributed by atoms with E-state index in [0.717, 1.165) is 31.2 Å². The minimum absolute atomic E-state index is 0.0451. The van der Waals surface area contributed by atoms with Crippen LogP contribution in [0.15, 0.2) is 33.5 Å². The molecule has 128 valence electrons. The van der Waals surface area contributed by atoms with Crippen LogP contribution in [0.3, 0.4) is 0 Å². The number of hydrogen-bond acceptors (Lipinski definition) is 4. The molecule has 1 aliphatic rings. The van der Waals surface area contributed by atoms with Gasteiger partial charge in [0, 0.05) is 11.3 Å². The Kier molecular flexibility index (Phi) is 5.56. The van der Waals surface area contributed by atoms with Gasteiger partial charge >= 0.3 is 11.6 Å². The van der Waals surface area contributed by atoms with Gasteiger partial charge in [-0.25, -0.2) is 9.59 Å². The summed E-state index contributed by atoms with van der Waals surface area (Å²) in [5, 5.41) is 0.678. The molecule has 0 saturated heterocycles. The highest BCUT2D eigenvalue weighted by Crippen LogP contribution is 2.21. The Bertz CT molecular complexity index is 773. The number of carbonyl (C=O) groups is 1. The number of rotatable bonds is 3. The first-order valence-electron chi connectivity index (χ1n) is 8.51. The van der Waals surface area contributed by atoms with Gasteiger partial charge in [0.25, 0.3) is 0 Å². The average Bonchev–Trinajstić information content (AvgIpc) is 2.56. The van der Waals surface area contributed by atoms with E-state index in [9.17, 15) is 9.59 Å². The predicted molar refractivity (Wildman–Crippen MR) is 93.6 cm³/mol. The van der Waals surface area contributed by atoms with Crippen LogP contribution >= 0.6 is 11.6 Å². The lowest BCUT2D eigenvalue weighted by Gasteiger charge is -2.19. The molecule has 1 aromatic heterocycles. The lowest BCUT2D eigenvalue weighted by atomic mass is 9.98. The smallest absolute Gasteiger partial charge is 0.351 e. The Labute approximate surface area is 145 Å². The predicted octanol–water partition coefficient (Wildman–Crippen LogP) is 4.80. The molecular formula is C19H21ClO4. The number of fused-ring (bicyclic) bond motifs is 1. The number of hydrogen-bond donors (Lipinski definition) is 0. The molecule has 0 atom stereocenters. The van der Waals surface area contributed by atoms with Crippen LogP contribution in [0.25, 0.3) is 11.0 Å². The second kappa shape index (κ2) is 7.84. The number of halogens is 1. The number of alkyl halides is 1. The van der Waals surface area contributed by atoms with Gasteiger partial charge in [-0.3, -0.25) is 0 Å². The molecule has 1 aliphatic carbocycles. The summed E-state index contributed by atoms with van der Waals surface area (Å²) >= 11 is 5.83. The van der Waals surface area contributed by atoms with Gasteiger partial charge in [0.1, 0.15) is 17.3 Å². The third-order valence-corrected chi connectivity index (χ3v) is 4.81. The van der Waals surface area contributed by atoms with Crippen LogP contribution in [0.5, 0.6) is 0 Å². The first-order valence-corrected chi connectivity index (χ1v) is 9.04. The Morgan fingerprint density at radius 1 is 1.12 bits per heavy atom. The summed E-state index contributed by atoms with van der Waals surface area (Å²) < 4.78 is 10.8. The third kappa shape index (κ3) is 3.99. The van der Waals surface area contributed by atoms with Crippen molar-refractivity contribution in [1.29, 1.82) is 0 Å². The minimum atomic E-state index is -0.656. The summed E-state index contributed by atoms with van der Waals surface area (Å²) in [6, 6.07) is 6.85. The van der Waals surface area contributed by atoms with Crippen LogP contribution in [-0.2, 0) is 10.6 Å². The maximum atomic E-state index is 12.4. The molecule has 1 saturated carbocycles. The van der Waals surface area contributed by atoms with E-state index in [-0.39, 0.29) is 11.7 Å². The summed E-state index contributed by atoms with van der Waals surface area (Å²) in [4.78, 5) is 24.5. The van der Waals surface area contributed by atoms with Gasteiger partial charge < -0.3 is 9.15 Å². The van der Waals surface area contributed by atoms with Gasteiger partial charge in [0.2, 0.25) is 0 Å². The topological polar surface area (TPSA) is 56.5 Å². The molecule has 2 aromatic rings. The third-order valence-electron chi connectivity index (χ3n) is 4.50. The van der Waals surface area contributed by atoms with Crippen LogP contribution in [0.1, 0.15) is 60.9 Å². The van der Waals surface area contributed by atoms with E-state index >= 15 is 0 Å². The van der Waals surface area contributed by atoms with E-state index in [0.29, 0.717) is 16.8 Å². The summed E-state index contributed by atoms with van der Waals surface area (Å²) in [6.45, 7) is 0. The molecule has 0 N–H and O–H groups in total. The molecule has 24 heavy (non-hydrogen) atoms. The molecular weight excluding hydrogens is 328 g/mol. The van der Waals surface area contributed by atoms with Crippen molar-refractivity contribution in [3.8, 4) is 0 Å². The number of benzene rings is 1. The molecule has 3 rings (SSSR count). The second-order valence-electron chi connectivity index (χ2n) is 6.33. The molecule has 5 heteroatoms. The largest absolute Gasteiger partial charge is 0.459 e. The normalized spacial score (nSPS) is 16.5. The van der Waals surface area contributed by atoms with E-state index in [1.54, 1.807) is 18.2 Å². The average molecular weight is 349 g/mol. The standard InChI is InChI=1S/C19H21ClO4/c20-12-13-8-9-17-14(10-13)11-16(19(22)24-17)18(21)23-15-6-4-2-1-3-5-7-15/h8-11,15H,1-7,12H2. The molecule has 1 fully saturated rings. The first-order chi connectivity index (χ1) is 11.7. The molecule has 0 unspecified atom stereocenters. The van der Waals surface area contributed by atoms with Crippen LogP contribution in [0.2, 0.25) is 0 Å². The van der Waals surface area contributed by atoms with Crippen LogP contribution < -0.4 is 5.63 Å². The summed E-state index contributed by atoms with van der Waals surface area (Å²) in [7, 11) is 0. The summed E-state index contributed by atoms with van der Waals surface area (Å²) in [5.41, 5.74) is 0.641. The fourth-order valence-corrected chi connectivity index (χ4v) is 3.32. The van der Waals surface area contributed by atoms with Crippen molar-refractivity contribution in [2.24, 2.45) is 0 Å². The van der Waals surface area contributed by atoms with E-state index in [4.69, 9.17) is 20.8 Å². The molecule has 0 amide bonds. The maximum Gasteiger partial charge on any atom is 0.351 e. The van der Waals surface area contributed by atoms with Crippen molar-refractivity contribution in [3.05, 3.63) is 45.8 Å². The monoisotopic (exact) mass is 348 g/mol. The zero-order valence-corrected chi connectivity index (χ0v) is 14.3. The van der Waals surface area contributed by atoms with Crippen LogP contribution in [0.4, 0.5) is 0 Å². The fourth-order valence-electron chi connectivity index (χ4n) is 3.15. The molecule has 0 radical (unpaired) electrons. The summed E-state index contributed by atoms with van der Waals surface area (Å²) in [5.74, 6) is -0.232. The fraction of sp³-hybridized carbons (Fsp3) is 0.474. The van der Waals surface area contributed by atoms with Crippen LogP contribution in [-0.4, -0.2) is 12.1 Å². The Morgan fingerprint density at radius 2 is 1.83 bits per heavy atom. The van der Waals surface area contributed by atoms with Gasteiger partial charge in [-0.1, -0.05) is 25.3 Å². The van der Waals surface area contributed by atoms with Crippen molar-refractivity contribution < 1.29 is 13.9 Å². The number of esters is 1. The quantitative estimate of drug-likeness (QED) is 0.454. The van der Waals surface area contributed by atoms with Crippen molar-refractivity contribution in [3.63, 3.8) is 0 Å². The summed E-state index contributed by atoms with van der Waals surface area (Å²) in [6.07, 6.45) is 7.33. The highest BCUT2D eigenvalue weighted by Gasteiger charge is 2.21. The van der Waals surface area contributed by atoms with E-state index < -0.39 is 11.6 Å². The Hall–Kier alpha value is -1.81. The van der Waals surface area contributed by atoms with Crippen molar-refractivity contribution >= 4 is 28.5 Å². The second-order valence-corrected chi connectivity index (χ2v) is 6.59. The van der Waals surface area contributed by atoms with Gasteiger partial charge in [-0.15, -0.1) is 11.6 Å². The molecule has 4 nitrogen and oxygen atoms in total. The number of ether oxygens (including phenoxy) is 1. The van der Waals surface area contributed by atoms with E-state index in [1.807, 2.05) is 6.07 Å². The van der Waals surface area contributed by atoms with Crippen molar-refractivity contribution in [2.75, 3.05) is 0 Å². The Morgan fingerprint density at radius 3 is 2.54 bits per heavy atom. The Balaban J connectivity index is 1.82. The van der Waals surface area contributed by atoms with Crippen molar-refractivity contribution in [1.82, 2.24) is 0 Å². The van der Waals surface area contributed by atoms with E-state index in [1.165, 1.54) is 19.3 Å². The zero-order valence-electron chi connectivity index (χ0n) is 13.6. The van der Waals surface area contributed by atoms with Crippen LogP contribution in [0, 0.1) is 0 Å². The maximum absolute atomic E-state index is 12.4. The highest BCUT2D eigenvalue weighted by molar-refractivity contribution is 6.17. The van der Waals surface area contributed by atoms with Gasteiger partial charge in [-0.05, 0) is 49.4 Å². The van der Waals surface area contributed by atoms with Gasteiger partial charge in [-0.2, -0.15) is 0 Å². The van der Waals surface area contributed by atoms with Gasteiger partial charge in [0.05, 0.1) is 0 Å². The lowest BCUT2D eigenvalue weighted by Crippen LogP contribution is -2.23. The SMILES string of the molecule is O=C(OC1CCCCCCC1)c1cc2cc(CCl)ccc2oc1=O. The lowest BCUT2D eigenvalue weighted by molar-refractivity contribution is 0.0235.